The number of benzene rings is 8. The molecule has 0 bridgehead atoms. The first-order chi connectivity index (χ1) is 23.3. The van der Waals surface area contributed by atoms with Gasteiger partial charge in [0.15, 0.2) is 0 Å². The minimum atomic E-state index is 1.04. The third-order valence-electron chi connectivity index (χ3n) is 9.78. The van der Waals surface area contributed by atoms with Gasteiger partial charge in [0, 0.05) is 16.5 Å². The van der Waals surface area contributed by atoms with Crippen LogP contribution in [0.5, 0.6) is 0 Å². The number of aromatic nitrogens is 1. The van der Waals surface area contributed by atoms with Crippen LogP contribution in [0.15, 0.2) is 170 Å². The summed E-state index contributed by atoms with van der Waals surface area (Å²) in [6, 6.07) is 62.4. The van der Waals surface area contributed by atoms with Gasteiger partial charge in [-0.25, -0.2) is 0 Å². The summed E-state index contributed by atoms with van der Waals surface area (Å²) in [5.41, 5.74) is 12.5. The number of hydrogen-bond donors (Lipinski definition) is 0. The molecule has 0 atom stereocenters. The Bertz CT molecular complexity index is 2520. The van der Waals surface area contributed by atoms with Gasteiger partial charge >= 0.3 is 0 Å². The molecule has 0 amide bonds. The molecule has 0 aliphatic rings. The Labute approximate surface area is 275 Å². The average Bonchev–Trinajstić information content (AvgIpc) is 3.48. The molecule has 1 heteroatoms. The second kappa shape index (κ2) is 11.2. The lowest BCUT2D eigenvalue weighted by Gasteiger charge is -2.19. The molecular weight excluding hydrogens is 567 g/mol. The van der Waals surface area contributed by atoms with Crippen molar-refractivity contribution in [1.82, 2.24) is 4.57 Å². The van der Waals surface area contributed by atoms with Crippen LogP contribution in [0.4, 0.5) is 0 Å². The lowest BCUT2D eigenvalue weighted by molar-refractivity contribution is 1.14. The van der Waals surface area contributed by atoms with E-state index >= 15 is 0 Å². The molecule has 0 N–H and O–H groups in total. The van der Waals surface area contributed by atoms with Crippen LogP contribution in [-0.4, -0.2) is 4.57 Å². The van der Waals surface area contributed by atoms with Gasteiger partial charge in [-0.15, -0.1) is 0 Å². The lowest BCUT2D eigenvalue weighted by Crippen LogP contribution is -1.95. The summed E-state index contributed by atoms with van der Waals surface area (Å²) in [6.07, 6.45) is 1.04. The van der Waals surface area contributed by atoms with E-state index in [0.29, 0.717) is 0 Å². The first-order valence-electron chi connectivity index (χ1n) is 16.5. The molecule has 1 heterocycles. The molecule has 0 aliphatic heterocycles. The van der Waals surface area contributed by atoms with Gasteiger partial charge in [-0.05, 0) is 97.2 Å². The summed E-state index contributed by atoms with van der Waals surface area (Å²) in [6.45, 7) is 2.21. The fraction of sp³-hybridized carbons (Fsp3) is 0.0435. The molecule has 0 radical (unpaired) electrons. The highest BCUT2D eigenvalue weighted by molar-refractivity contribution is 6.22. The Morgan fingerprint density at radius 2 is 0.830 bits per heavy atom. The largest absolute Gasteiger partial charge is 0.309 e. The molecule has 222 valence electrons. The van der Waals surface area contributed by atoms with Crippen LogP contribution in [0.2, 0.25) is 0 Å². The number of rotatable bonds is 5. The quantitative estimate of drug-likeness (QED) is 0.173. The average molecular weight is 600 g/mol. The first kappa shape index (κ1) is 27.4. The van der Waals surface area contributed by atoms with Crippen molar-refractivity contribution < 1.29 is 0 Å². The maximum atomic E-state index is 2.40. The second-order valence-corrected chi connectivity index (χ2v) is 12.4. The van der Waals surface area contributed by atoms with E-state index in [1.807, 2.05) is 0 Å². The third kappa shape index (κ3) is 4.47. The highest BCUT2D eigenvalue weighted by Crippen LogP contribution is 2.45. The zero-order valence-electron chi connectivity index (χ0n) is 26.3. The SMILES string of the molecule is CCc1ccc(-c2ccc3c(-c4ccc(-n5c6ccccc6c6ccccc65)cc4)c4ccccc4c(-c4ccccc4)c3c2)cc1. The van der Waals surface area contributed by atoms with Crippen molar-refractivity contribution >= 4 is 43.4 Å². The normalized spacial score (nSPS) is 11.6. The van der Waals surface area contributed by atoms with Crippen molar-refractivity contribution in [3.63, 3.8) is 0 Å². The van der Waals surface area contributed by atoms with Crippen LogP contribution in [-0.2, 0) is 6.42 Å². The summed E-state index contributed by atoms with van der Waals surface area (Å²) in [5.74, 6) is 0. The molecule has 0 saturated heterocycles. The molecule has 47 heavy (non-hydrogen) atoms. The number of nitrogens with zero attached hydrogens (tertiary/aromatic N) is 1. The van der Waals surface area contributed by atoms with Gasteiger partial charge in [0.2, 0.25) is 0 Å². The van der Waals surface area contributed by atoms with Crippen LogP contribution in [0.25, 0.3) is 82.4 Å². The topological polar surface area (TPSA) is 4.93 Å². The summed E-state index contributed by atoms with van der Waals surface area (Å²) in [5, 5.41) is 7.63. The molecule has 0 aliphatic carbocycles. The highest BCUT2D eigenvalue weighted by atomic mass is 15.0. The Morgan fingerprint density at radius 3 is 1.45 bits per heavy atom. The van der Waals surface area contributed by atoms with E-state index in [4.69, 9.17) is 0 Å². The zero-order chi connectivity index (χ0) is 31.3. The Hall–Kier alpha value is -5.92. The Balaban J connectivity index is 1.29. The molecule has 9 rings (SSSR count). The lowest BCUT2D eigenvalue weighted by atomic mass is 9.85. The minimum Gasteiger partial charge on any atom is -0.309 e. The summed E-state index contributed by atoms with van der Waals surface area (Å²) in [7, 11) is 0. The monoisotopic (exact) mass is 599 g/mol. The summed E-state index contributed by atoms with van der Waals surface area (Å²) in [4.78, 5) is 0. The number of hydrogen-bond acceptors (Lipinski definition) is 0. The van der Waals surface area contributed by atoms with Crippen molar-refractivity contribution in [3.8, 4) is 39.1 Å². The second-order valence-electron chi connectivity index (χ2n) is 12.4. The number of fused-ring (bicyclic) bond motifs is 5. The van der Waals surface area contributed by atoms with Gasteiger partial charge in [-0.3, -0.25) is 0 Å². The molecule has 1 aromatic heterocycles. The fourth-order valence-electron chi connectivity index (χ4n) is 7.50. The maximum Gasteiger partial charge on any atom is 0.0541 e. The molecule has 0 saturated carbocycles. The van der Waals surface area contributed by atoms with Crippen molar-refractivity contribution in [3.05, 3.63) is 175 Å². The molecule has 0 fully saturated rings. The van der Waals surface area contributed by atoms with E-state index in [0.717, 1.165) is 6.42 Å². The van der Waals surface area contributed by atoms with Gasteiger partial charge in [0.25, 0.3) is 0 Å². The summed E-state index contributed by atoms with van der Waals surface area (Å²) < 4.78 is 2.39. The van der Waals surface area contributed by atoms with Crippen molar-refractivity contribution in [2.45, 2.75) is 13.3 Å². The van der Waals surface area contributed by atoms with Gasteiger partial charge in [0.1, 0.15) is 0 Å². The molecular formula is C46H33N. The standard InChI is InChI=1S/C46H33N/c1-2-31-20-22-32(23-21-31)35-26-29-41-42(30-35)46(33-12-4-3-5-13-33)40-17-7-6-16-39(40)45(41)34-24-27-36(28-25-34)47-43-18-10-8-14-37(43)38-15-9-11-19-44(38)47/h3-30H,2H2,1H3. The van der Waals surface area contributed by atoms with Crippen molar-refractivity contribution in [2.75, 3.05) is 0 Å². The summed E-state index contributed by atoms with van der Waals surface area (Å²) >= 11 is 0. The smallest absolute Gasteiger partial charge is 0.0541 e. The highest BCUT2D eigenvalue weighted by Gasteiger charge is 2.18. The van der Waals surface area contributed by atoms with Gasteiger partial charge < -0.3 is 4.57 Å². The van der Waals surface area contributed by atoms with Crippen LogP contribution >= 0.6 is 0 Å². The number of aryl methyl sites for hydroxylation is 1. The van der Waals surface area contributed by atoms with E-state index in [9.17, 15) is 0 Å². The first-order valence-corrected chi connectivity index (χ1v) is 16.5. The predicted molar refractivity (Wildman–Crippen MR) is 201 cm³/mol. The number of para-hydroxylation sites is 2. The predicted octanol–water partition coefficient (Wildman–Crippen LogP) is 12.7. The fourth-order valence-corrected chi connectivity index (χ4v) is 7.50. The van der Waals surface area contributed by atoms with Crippen LogP contribution in [0, 0.1) is 0 Å². The van der Waals surface area contributed by atoms with Gasteiger partial charge in [-0.1, -0.05) is 146 Å². The van der Waals surface area contributed by atoms with E-state index in [-0.39, 0.29) is 0 Å². The van der Waals surface area contributed by atoms with E-state index in [2.05, 4.69) is 181 Å². The Kier molecular flexibility index (Phi) is 6.50. The third-order valence-corrected chi connectivity index (χ3v) is 9.78. The van der Waals surface area contributed by atoms with Crippen molar-refractivity contribution in [2.24, 2.45) is 0 Å². The minimum absolute atomic E-state index is 1.04. The molecule has 0 spiro atoms. The maximum absolute atomic E-state index is 2.40. The van der Waals surface area contributed by atoms with Crippen molar-refractivity contribution in [1.29, 1.82) is 0 Å². The van der Waals surface area contributed by atoms with E-state index in [1.165, 1.54) is 88.0 Å². The molecule has 0 unspecified atom stereocenters. The zero-order valence-corrected chi connectivity index (χ0v) is 26.3. The van der Waals surface area contributed by atoms with E-state index < -0.39 is 0 Å². The van der Waals surface area contributed by atoms with Crippen LogP contribution < -0.4 is 0 Å². The Morgan fingerprint density at radius 1 is 0.362 bits per heavy atom. The van der Waals surface area contributed by atoms with Crippen LogP contribution in [0.3, 0.4) is 0 Å². The van der Waals surface area contributed by atoms with Crippen LogP contribution in [0.1, 0.15) is 12.5 Å². The molecule has 8 aromatic carbocycles. The van der Waals surface area contributed by atoms with Gasteiger partial charge in [-0.2, -0.15) is 0 Å². The molecule has 1 nitrogen and oxygen atoms in total. The van der Waals surface area contributed by atoms with E-state index in [1.54, 1.807) is 0 Å². The molecule has 9 aromatic rings. The van der Waals surface area contributed by atoms with Gasteiger partial charge in [0.05, 0.1) is 11.0 Å².